The van der Waals surface area contributed by atoms with E-state index >= 15 is 4.39 Å². The highest BCUT2D eigenvalue weighted by Crippen LogP contribution is 2.40. The molecule has 9 nitrogen and oxygen atoms in total. The molecule has 4 rings (SSSR count). The van der Waals surface area contributed by atoms with Gasteiger partial charge in [0.05, 0.1) is 11.2 Å². The van der Waals surface area contributed by atoms with Gasteiger partial charge in [-0.1, -0.05) is 45.7 Å². The van der Waals surface area contributed by atoms with Crippen LogP contribution in [0.1, 0.15) is 70.2 Å². The van der Waals surface area contributed by atoms with E-state index in [1.54, 1.807) is 29.8 Å². The molecule has 186 valence electrons. The van der Waals surface area contributed by atoms with Gasteiger partial charge in [-0.2, -0.15) is 9.78 Å². The highest BCUT2D eigenvalue weighted by atomic mass is 19.1. The van der Waals surface area contributed by atoms with Crippen molar-refractivity contribution in [1.82, 2.24) is 35.3 Å². The van der Waals surface area contributed by atoms with E-state index in [1.807, 2.05) is 12.3 Å². The molecule has 2 N–H and O–H groups in total. The molecule has 0 aliphatic carbocycles. The third kappa shape index (κ3) is 5.11. The van der Waals surface area contributed by atoms with E-state index in [0.29, 0.717) is 29.3 Å². The number of hydrogen-bond acceptors (Lipinski definition) is 5. The number of tetrazole rings is 1. The SMILES string of the molecule is CCCCCc1ccc([C@]2(C)CC(c3ccn(CC(C)C)n3)=C(n3nn[nH]c3=O)C(=O)N2)c(F)c1. The first-order valence-corrected chi connectivity index (χ1v) is 12.1. The van der Waals surface area contributed by atoms with Gasteiger partial charge < -0.3 is 5.32 Å². The summed E-state index contributed by atoms with van der Waals surface area (Å²) in [6.07, 6.45) is 6.07. The maximum Gasteiger partial charge on any atom is 0.366 e. The molecular formula is C25H32FN7O2. The summed E-state index contributed by atoms with van der Waals surface area (Å²) in [4.78, 5) is 25.7. The lowest BCUT2D eigenvalue weighted by Crippen LogP contribution is -2.49. The summed E-state index contributed by atoms with van der Waals surface area (Å²) in [5, 5.41) is 17.1. The maximum absolute atomic E-state index is 15.4. The summed E-state index contributed by atoms with van der Waals surface area (Å²) in [7, 11) is 0. The number of nitrogens with zero attached hydrogens (tertiary/aromatic N) is 5. The van der Waals surface area contributed by atoms with Crippen LogP contribution in [0.25, 0.3) is 11.3 Å². The number of amides is 1. The van der Waals surface area contributed by atoms with E-state index in [0.717, 1.165) is 35.9 Å². The lowest BCUT2D eigenvalue weighted by Gasteiger charge is -2.37. The number of halogens is 1. The molecule has 3 heterocycles. The van der Waals surface area contributed by atoms with Gasteiger partial charge in [-0.15, -0.1) is 0 Å². The average Bonchev–Trinajstić information content (AvgIpc) is 3.42. The van der Waals surface area contributed by atoms with Crippen LogP contribution >= 0.6 is 0 Å². The van der Waals surface area contributed by atoms with Gasteiger partial charge in [0.15, 0.2) is 0 Å². The summed E-state index contributed by atoms with van der Waals surface area (Å²) in [6.45, 7) is 8.79. The Bertz CT molecular complexity index is 1300. The molecule has 10 heteroatoms. The Labute approximate surface area is 203 Å². The van der Waals surface area contributed by atoms with Gasteiger partial charge in [-0.25, -0.2) is 14.3 Å². The molecule has 0 saturated carbocycles. The van der Waals surface area contributed by atoms with Crippen LogP contribution in [-0.2, 0) is 23.3 Å². The fraction of sp³-hybridized carbons (Fsp3) is 0.480. The van der Waals surface area contributed by atoms with E-state index in [1.165, 1.54) is 0 Å². The number of rotatable bonds is 9. The van der Waals surface area contributed by atoms with Crippen LogP contribution in [0.4, 0.5) is 4.39 Å². The van der Waals surface area contributed by atoms with Crippen LogP contribution in [0.5, 0.6) is 0 Å². The van der Waals surface area contributed by atoms with Gasteiger partial charge in [-0.3, -0.25) is 9.48 Å². The minimum Gasteiger partial charge on any atom is -0.341 e. The Balaban J connectivity index is 1.76. The molecule has 0 unspecified atom stereocenters. The van der Waals surface area contributed by atoms with Crippen molar-refractivity contribution in [1.29, 1.82) is 0 Å². The van der Waals surface area contributed by atoms with Gasteiger partial charge in [0.25, 0.3) is 5.91 Å². The van der Waals surface area contributed by atoms with Crippen molar-refractivity contribution >= 4 is 17.2 Å². The second-order valence-electron chi connectivity index (χ2n) is 9.80. The third-order valence-electron chi connectivity index (χ3n) is 6.30. The van der Waals surface area contributed by atoms with Crippen LogP contribution < -0.4 is 11.0 Å². The topological polar surface area (TPSA) is 110 Å². The van der Waals surface area contributed by atoms with Crippen molar-refractivity contribution in [2.24, 2.45) is 5.92 Å². The Morgan fingerprint density at radius 2 is 2.00 bits per heavy atom. The Kier molecular flexibility index (Phi) is 7.00. The molecule has 0 bridgehead atoms. The van der Waals surface area contributed by atoms with Gasteiger partial charge >= 0.3 is 5.69 Å². The zero-order valence-corrected chi connectivity index (χ0v) is 20.6. The van der Waals surface area contributed by atoms with Crippen molar-refractivity contribution in [2.75, 3.05) is 0 Å². The van der Waals surface area contributed by atoms with Crippen LogP contribution in [-0.4, -0.2) is 35.9 Å². The van der Waals surface area contributed by atoms with Gasteiger partial charge in [0.2, 0.25) is 0 Å². The number of hydrogen-bond donors (Lipinski definition) is 2. The number of aryl methyl sites for hydroxylation is 1. The number of H-pyrrole nitrogens is 1. The van der Waals surface area contributed by atoms with E-state index in [-0.39, 0.29) is 17.9 Å². The molecule has 1 aliphatic heterocycles. The Hall–Kier alpha value is -3.56. The van der Waals surface area contributed by atoms with Crippen molar-refractivity contribution in [3.8, 4) is 0 Å². The molecule has 3 aromatic rings. The summed E-state index contributed by atoms with van der Waals surface area (Å²) in [5.74, 6) is -0.540. The predicted octanol–water partition coefficient (Wildman–Crippen LogP) is 3.49. The van der Waals surface area contributed by atoms with Gasteiger partial charge in [-0.05, 0) is 53.8 Å². The highest BCUT2D eigenvalue weighted by molar-refractivity contribution is 6.22. The van der Waals surface area contributed by atoms with E-state index in [4.69, 9.17) is 0 Å². The first kappa shape index (κ1) is 24.6. The molecule has 0 radical (unpaired) electrons. The first-order chi connectivity index (χ1) is 16.7. The molecule has 1 amide bonds. The average molecular weight is 482 g/mol. The molecule has 1 atom stereocenters. The predicted molar refractivity (Wildman–Crippen MR) is 131 cm³/mol. The molecule has 1 aliphatic rings. The summed E-state index contributed by atoms with van der Waals surface area (Å²) in [6, 6.07) is 7.03. The lowest BCUT2D eigenvalue weighted by molar-refractivity contribution is -0.118. The molecule has 1 aromatic carbocycles. The molecular weight excluding hydrogens is 449 g/mol. The molecule has 0 saturated heterocycles. The number of nitrogens with one attached hydrogen (secondary N) is 2. The smallest absolute Gasteiger partial charge is 0.341 e. The molecule has 0 spiro atoms. The first-order valence-electron chi connectivity index (χ1n) is 12.1. The number of carbonyl (C=O) groups is 1. The molecule has 0 fully saturated rings. The largest absolute Gasteiger partial charge is 0.366 e. The van der Waals surface area contributed by atoms with Crippen molar-refractivity contribution in [3.05, 3.63) is 63.6 Å². The van der Waals surface area contributed by atoms with Crippen LogP contribution in [0, 0.1) is 11.7 Å². The summed E-state index contributed by atoms with van der Waals surface area (Å²) in [5.41, 5.74) is 0.707. The minimum atomic E-state index is -1.04. The standard InChI is InChI=1S/C25H32FN7O2/c1-5-6-7-8-17-9-10-19(20(26)13-17)25(4)14-18(21-11-12-32(29-21)15-16(2)3)22(23(34)27-25)33-24(35)28-30-31-33/h9-13,16H,5-8,14-15H2,1-4H3,(H,27,34)(H,28,31,35)/t25-/m0/s1. The zero-order chi connectivity index (χ0) is 25.2. The second-order valence-corrected chi connectivity index (χ2v) is 9.80. The van der Waals surface area contributed by atoms with Crippen molar-refractivity contribution in [3.63, 3.8) is 0 Å². The van der Waals surface area contributed by atoms with Crippen molar-refractivity contribution in [2.45, 2.75) is 71.9 Å². The number of benzene rings is 1. The van der Waals surface area contributed by atoms with E-state index < -0.39 is 17.1 Å². The van der Waals surface area contributed by atoms with Crippen LogP contribution in [0.2, 0.25) is 0 Å². The molecule has 35 heavy (non-hydrogen) atoms. The monoisotopic (exact) mass is 481 g/mol. The number of carbonyl (C=O) groups excluding carboxylic acids is 1. The maximum atomic E-state index is 15.4. The molecule has 2 aromatic heterocycles. The van der Waals surface area contributed by atoms with Crippen LogP contribution in [0.3, 0.4) is 0 Å². The number of unbranched alkanes of at least 4 members (excludes halogenated alkanes) is 2. The van der Waals surface area contributed by atoms with Crippen molar-refractivity contribution < 1.29 is 9.18 Å². The summed E-state index contributed by atoms with van der Waals surface area (Å²) < 4.78 is 18.1. The summed E-state index contributed by atoms with van der Waals surface area (Å²) >= 11 is 0. The normalized spacial score (nSPS) is 18.4. The van der Waals surface area contributed by atoms with E-state index in [9.17, 15) is 9.59 Å². The number of aromatic nitrogens is 6. The minimum absolute atomic E-state index is 0.0348. The lowest BCUT2D eigenvalue weighted by atomic mass is 9.80. The quantitative estimate of drug-likeness (QED) is 0.455. The fourth-order valence-corrected chi connectivity index (χ4v) is 4.61. The fourth-order valence-electron chi connectivity index (χ4n) is 4.61. The van der Waals surface area contributed by atoms with Gasteiger partial charge in [0, 0.05) is 30.3 Å². The Morgan fingerprint density at radius 1 is 1.20 bits per heavy atom. The second kappa shape index (κ2) is 9.97. The number of aromatic amines is 1. The van der Waals surface area contributed by atoms with Crippen LogP contribution in [0.15, 0.2) is 35.3 Å². The third-order valence-corrected chi connectivity index (χ3v) is 6.30. The van der Waals surface area contributed by atoms with E-state index in [2.05, 4.69) is 46.7 Å². The highest BCUT2D eigenvalue weighted by Gasteiger charge is 2.41. The zero-order valence-electron chi connectivity index (χ0n) is 20.6. The van der Waals surface area contributed by atoms with Gasteiger partial charge in [0.1, 0.15) is 11.5 Å². The Morgan fingerprint density at radius 3 is 2.66 bits per heavy atom.